The van der Waals surface area contributed by atoms with Crippen LogP contribution in [0.1, 0.15) is 11.5 Å². The van der Waals surface area contributed by atoms with E-state index in [9.17, 15) is 8.42 Å². The first kappa shape index (κ1) is 17.4. The van der Waals surface area contributed by atoms with Crippen molar-refractivity contribution in [1.82, 2.24) is 8.61 Å². The SMILES string of the molecule is COCCN(C)S(=O)(=O)N1C[C@@H](CN)[C@H](c2ccccc2)C1. The molecule has 0 spiro atoms. The average molecular weight is 327 g/mol. The zero-order valence-electron chi connectivity index (χ0n) is 13.2. The Balaban J connectivity index is 2.14. The van der Waals surface area contributed by atoms with Crippen LogP contribution in [0.3, 0.4) is 0 Å². The first-order chi connectivity index (χ1) is 10.5. The minimum atomic E-state index is -3.46. The van der Waals surface area contributed by atoms with Crippen LogP contribution in [-0.4, -0.2) is 64.0 Å². The Hall–Kier alpha value is -0.990. The van der Waals surface area contributed by atoms with Crippen molar-refractivity contribution in [3.8, 4) is 0 Å². The third kappa shape index (κ3) is 3.67. The van der Waals surface area contributed by atoms with E-state index in [2.05, 4.69) is 0 Å². The lowest BCUT2D eigenvalue weighted by Crippen LogP contribution is -2.42. The molecule has 0 saturated carbocycles. The molecule has 0 radical (unpaired) electrons. The van der Waals surface area contributed by atoms with Gasteiger partial charge in [0.05, 0.1) is 6.61 Å². The van der Waals surface area contributed by atoms with E-state index in [1.165, 1.54) is 8.61 Å². The normalized spacial score (nSPS) is 23.3. The van der Waals surface area contributed by atoms with Crippen LogP contribution in [0.5, 0.6) is 0 Å². The summed E-state index contributed by atoms with van der Waals surface area (Å²) < 4.78 is 33.1. The van der Waals surface area contributed by atoms with Gasteiger partial charge in [0.1, 0.15) is 0 Å². The van der Waals surface area contributed by atoms with Crippen LogP contribution >= 0.6 is 0 Å². The molecule has 2 rings (SSSR count). The molecule has 2 atom stereocenters. The summed E-state index contributed by atoms with van der Waals surface area (Å²) >= 11 is 0. The van der Waals surface area contributed by atoms with Crippen LogP contribution in [0.25, 0.3) is 0 Å². The molecule has 1 aromatic rings. The Morgan fingerprint density at radius 3 is 2.59 bits per heavy atom. The first-order valence-electron chi connectivity index (χ1n) is 7.46. The van der Waals surface area contributed by atoms with E-state index in [0.717, 1.165) is 5.56 Å². The van der Waals surface area contributed by atoms with E-state index in [-0.39, 0.29) is 11.8 Å². The zero-order valence-corrected chi connectivity index (χ0v) is 14.0. The number of hydrogen-bond donors (Lipinski definition) is 1. The minimum absolute atomic E-state index is 0.146. The highest BCUT2D eigenvalue weighted by Gasteiger charge is 2.40. The fraction of sp³-hybridized carbons (Fsp3) is 0.600. The van der Waals surface area contributed by atoms with Crippen LogP contribution in [-0.2, 0) is 14.9 Å². The van der Waals surface area contributed by atoms with Crippen LogP contribution in [0.15, 0.2) is 30.3 Å². The van der Waals surface area contributed by atoms with Gasteiger partial charge in [0, 0.05) is 39.7 Å². The lowest BCUT2D eigenvalue weighted by Gasteiger charge is -2.24. The lowest BCUT2D eigenvalue weighted by atomic mass is 9.89. The third-order valence-electron chi connectivity index (χ3n) is 4.27. The minimum Gasteiger partial charge on any atom is -0.383 e. The quantitative estimate of drug-likeness (QED) is 0.790. The summed E-state index contributed by atoms with van der Waals surface area (Å²) in [5.74, 6) is 0.296. The van der Waals surface area contributed by atoms with Gasteiger partial charge < -0.3 is 10.5 Å². The van der Waals surface area contributed by atoms with Crippen molar-refractivity contribution < 1.29 is 13.2 Å². The van der Waals surface area contributed by atoms with Gasteiger partial charge in [-0.1, -0.05) is 30.3 Å². The number of benzene rings is 1. The van der Waals surface area contributed by atoms with E-state index in [1.54, 1.807) is 14.2 Å². The van der Waals surface area contributed by atoms with Gasteiger partial charge in [0.15, 0.2) is 0 Å². The van der Waals surface area contributed by atoms with Gasteiger partial charge in [0.25, 0.3) is 10.2 Å². The predicted octanol–water partition coefficient (Wildman–Crippen LogP) is 0.484. The van der Waals surface area contributed by atoms with E-state index in [4.69, 9.17) is 10.5 Å². The number of hydrogen-bond acceptors (Lipinski definition) is 4. The Morgan fingerprint density at radius 1 is 1.32 bits per heavy atom. The molecule has 6 nitrogen and oxygen atoms in total. The predicted molar refractivity (Wildman–Crippen MR) is 86.7 cm³/mol. The summed E-state index contributed by atoms with van der Waals surface area (Å²) in [5.41, 5.74) is 7.02. The maximum Gasteiger partial charge on any atom is 0.281 e. The molecular weight excluding hydrogens is 302 g/mol. The van der Waals surface area contributed by atoms with Crippen molar-refractivity contribution in [3.63, 3.8) is 0 Å². The number of methoxy groups -OCH3 is 1. The molecule has 0 bridgehead atoms. The van der Waals surface area contributed by atoms with Crippen molar-refractivity contribution in [3.05, 3.63) is 35.9 Å². The molecule has 0 unspecified atom stereocenters. The number of rotatable bonds is 7. The van der Waals surface area contributed by atoms with Gasteiger partial charge in [-0.25, -0.2) is 0 Å². The second-order valence-corrected chi connectivity index (χ2v) is 7.69. The number of nitrogens with two attached hydrogens (primary N) is 1. The molecule has 124 valence electrons. The molecule has 1 heterocycles. The molecule has 1 aromatic carbocycles. The highest BCUT2D eigenvalue weighted by atomic mass is 32.2. The van der Waals surface area contributed by atoms with E-state index >= 15 is 0 Å². The van der Waals surface area contributed by atoms with Crippen LogP contribution in [0, 0.1) is 5.92 Å². The summed E-state index contributed by atoms with van der Waals surface area (Å²) in [4.78, 5) is 0. The van der Waals surface area contributed by atoms with Gasteiger partial charge in [0.2, 0.25) is 0 Å². The molecule has 1 fully saturated rings. The van der Waals surface area contributed by atoms with Crippen LogP contribution < -0.4 is 5.73 Å². The van der Waals surface area contributed by atoms with Crippen molar-refractivity contribution >= 4 is 10.2 Å². The lowest BCUT2D eigenvalue weighted by molar-refractivity contribution is 0.183. The van der Waals surface area contributed by atoms with E-state index in [1.807, 2.05) is 30.3 Å². The molecule has 1 aliphatic heterocycles. The number of likely N-dealkylation sites (N-methyl/N-ethyl adjacent to an activating group) is 1. The van der Waals surface area contributed by atoms with E-state index in [0.29, 0.717) is 32.8 Å². The number of nitrogens with zero attached hydrogens (tertiary/aromatic N) is 2. The second kappa shape index (κ2) is 7.52. The largest absolute Gasteiger partial charge is 0.383 e. The molecule has 0 aliphatic carbocycles. The Morgan fingerprint density at radius 2 is 2.00 bits per heavy atom. The van der Waals surface area contributed by atoms with Crippen molar-refractivity contribution in [1.29, 1.82) is 0 Å². The topological polar surface area (TPSA) is 75.9 Å². The van der Waals surface area contributed by atoms with Gasteiger partial charge in [-0.05, 0) is 18.0 Å². The summed E-state index contributed by atoms with van der Waals surface area (Å²) in [6, 6.07) is 9.99. The molecule has 1 saturated heterocycles. The Labute approximate surface area is 133 Å². The monoisotopic (exact) mass is 327 g/mol. The molecule has 0 amide bonds. The van der Waals surface area contributed by atoms with Crippen LogP contribution in [0.2, 0.25) is 0 Å². The molecular formula is C15H25N3O3S. The maximum atomic E-state index is 12.6. The Kier molecular flexibility index (Phi) is 5.94. The van der Waals surface area contributed by atoms with Gasteiger partial charge in [-0.3, -0.25) is 0 Å². The smallest absolute Gasteiger partial charge is 0.281 e. The number of ether oxygens (including phenoxy) is 1. The van der Waals surface area contributed by atoms with Gasteiger partial charge in [-0.15, -0.1) is 0 Å². The van der Waals surface area contributed by atoms with E-state index < -0.39 is 10.2 Å². The average Bonchev–Trinajstić information content (AvgIpc) is 2.98. The van der Waals surface area contributed by atoms with Crippen LogP contribution in [0.4, 0.5) is 0 Å². The van der Waals surface area contributed by atoms with Crippen molar-refractivity contribution in [2.75, 3.05) is 46.9 Å². The molecule has 2 N–H and O–H groups in total. The molecule has 7 heteroatoms. The van der Waals surface area contributed by atoms with Gasteiger partial charge in [-0.2, -0.15) is 17.0 Å². The molecule has 1 aliphatic rings. The van der Waals surface area contributed by atoms with Crippen molar-refractivity contribution in [2.45, 2.75) is 5.92 Å². The summed E-state index contributed by atoms with van der Waals surface area (Å²) in [6.45, 7) is 2.15. The standard InChI is InChI=1S/C15H25N3O3S/c1-17(8-9-21-2)22(19,20)18-11-14(10-16)15(12-18)13-6-4-3-5-7-13/h3-7,14-15H,8-12,16H2,1-2H3/t14-,15+/m1/s1. The third-order valence-corrected chi connectivity index (χ3v) is 6.19. The van der Waals surface area contributed by atoms with Crippen molar-refractivity contribution in [2.24, 2.45) is 11.7 Å². The zero-order chi connectivity index (χ0) is 16.2. The maximum absolute atomic E-state index is 12.6. The highest BCUT2D eigenvalue weighted by Crippen LogP contribution is 2.33. The fourth-order valence-electron chi connectivity index (χ4n) is 2.87. The summed E-state index contributed by atoms with van der Waals surface area (Å²) in [6.07, 6.45) is 0. The Bertz CT molecular complexity index is 565. The van der Waals surface area contributed by atoms with Gasteiger partial charge >= 0.3 is 0 Å². The first-order valence-corrected chi connectivity index (χ1v) is 8.85. The highest BCUT2D eigenvalue weighted by molar-refractivity contribution is 7.86. The summed E-state index contributed by atoms with van der Waals surface area (Å²) in [7, 11) is -0.317. The molecule has 22 heavy (non-hydrogen) atoms. The fourth-order valence-corrected chi connectivity index (χ4v) is 4.30. The second-order valence-electron chi connectivity index (χ2n) is 5.65. The summed E-state index contributed by atoms with van der Waals surface area (Å²) in [5, 5.41) is 0. The molecule has 0 aromatic heterocycles.